The predicted octanol–water partition coefficient (Wildman–Crippen LogP) is 3.74. The van der Waals surface area contributed by atoms with Gasteiger partial charge in [-0.1, -0.05) is 13.8 Å². The van der Waals surface area contributed by atoms with Crippen LogP contribution in [0.1, 0.15) is 66.3 Å². The number of benzene rings is 1. The van der Waals surface area contributed by atoms with Gasteiger partial charge in [0.25, 0.3) is 11.8 Å². The van der Waals surface area contributed by atoms with Crippen molar-refractivity contribution < 1.29 is 14.3 Å². The number of ether oxygens (including phenoxy) is 1. The second-order valence-corrected chi connectivity index (χ2v) is 7.31. The molecule has 0 radical (unpaired) electrons. The zero-order chi connectivity index (χ0) is 20.8. The summed E-state index contributed by atoms with van der Waals surface area (Å²) in [5, 5.41) is 2.89. The molecule has 0 bridgehead atoms. The maximum atomic E-state index is 13.2. The number of hydrogen-bond acceptors (Lipinski definition) is 4. The first-order chi connectivity index (χ1) is 14.1. The Hall–Kier alpha value is -2.83. The van der Waals surface area contributed by atoms with Gasteiger partial charge in [-0.2, -0.15) is 0 Å². The average molecular weight is 399 g/mol. The number of fused-ring (bicyclic) bond motifs is 1. The number of rotatable bonds is 8. The van der Waals surface area contributed by atoms with Crippen LogP contribution >= 0.6 is 0 Å². The number of carbonyl (C=O) groups excluding carboxylic acids is 2. The quantitative estimate of drug-likeness (QED) is 0.735. The summed E-state index contributed by atoms with van der Waals surface area (Å²) < 4.78 is 7.08. The van der Waals surface area contributed by atoms with Crippen LogP contribution in [0.5, 0.6) is 5.75 Å². The van der Waals surface area contributed by atoms with E-state index in [4.69, 9.17) is 4.74 Å². The maximum Gasteiger partial charge on any atom is 0.291 e. The summed E-state index contributed by atoms with van der Waals surface area (Å²) >= 11 is 0. The number of methoxy groups -OCH3 is 1. The van der Waals surface area contributed by atoms with E-state index >= 15 is 0 Å². The number of nitrogens with one attached hydrogen (secondary N) is 1. The fourth-order valence-electron chi connectivity index (χ4n) is 3.75. The van der Waals surface area contributed by atoms with Crippen LogP contribution in [-0.4, -0.2) is 46.5 Å². The molecule has 2 heterocycles. The molecule has 1 aliphatic rings. The van der Waals surface area contributed by atoms with E-state index in [0.717, 1.165) is 43.5 Å². The summed E-state index contributed by atoms with van der Waals surface area (Å²) in [5.41, 5.74) is 1.99. The number of nitrogens with zero attached hydrogens (tertiary/aromatic N) is 3. The third-order valence-corrected chi connectivity index (χ3v) is 5.15. The fourth-order valence-corrected chi connectivity index (χ4v) is 3.75. The summed E-state index contributed by atoms with van der Waals surface area (Å²) in [7, 11) is 1.60. The maximum absolute atomic E-state index is 13.2. The van der Waals surface area contributed by atoms with Crippen molar-refractivity contribution in [3.8, 4) is 5.75 Å². The first-order valence-corrected chi connectivity index (χ1v) is 10.4. The lowest BCUT2D eigenvalue weighted by molar-refractivity contribution is 0.0748. The number of aromatic nitrogens is 2. The lowest BCUT2D eigenvalue weighted by Crippen LogP contribution is -2.33. The third kappa shape index (κ3) is 4.60. The molecule has 0 fully saturated rings. The molecule has 0 saturated carbocycles. The van der Waals surface area contributed by atoms with Gasteiger partial charge in [0, 0.05) is 25.3 Å². The van der Waals surface area contributed by atoms with Gasteiger partial charge in [0.2, 0.25) is 0 Å². The van der Waals surface area contributed by atoms with E-state index in [2.05, 4.69) is 24.1 Å². The Balaban J connectivity index is 1.88. The second-order valence-electron chi connectivity index (χ2n) is 7.31. The zero-order valence-corrected chi connectivity index (χ0v) is 17.5. The lowest BCUT2D eigenvalue weighted by atomic mass is 10.1. The van der Waals surface area contributed by atoms with Crippen LogP contribution < -0.4 is 10.1 Å². The Labute approximate surface area is 172 Å². The van der Waals surface area contributed by atoms with Gasteiger partial charge in [-0.15, -0.1) is 0 Å². The van der Waals surface area contributed by atoms with E-state index in [1.807, 2.05) is 9.47 Å². The second kappa shape index (κ2) is 9.58. The van der Waals surface area contributed by atoms with Crippen LogP contribution in [-0.2, 0) is 13.0 Å². The lowest BCUT2D eigenvalue weighted by Gasteiger charge is -2.22. The van der Waals surface area contributed by atoms with Crippen molar-refractivity contribution in [2.24, 2.45) is 0 Å². The number of amides is 2. The minimum atomic E-state index is -0.296. The van der Waals surface area contributed by atoms with Crippen LogP contribution in [0, 0.1) is 0 Å². The van der Waals surface area contributed by atoms with E-state index in [-0.39, 0.29) is 11.8 Å². The van der Waals surface area contributed by atoms with Crippen LogP contribution in [0.2, 0.25) is 0 Å². The highest BCUT2D eigenvalue weighted by Crippen LogP contribution is 2.24. The van der Waals surface area contributed by atoms with E-state index in [0.29, 0.717) is 36.8 Å². The molecule has 2 aromatic rings. The van der Waals surface area contributed by atoms with E-state index in [1.165, 1.54) is 0 Å². The Morgan fingerprint density at radius 2 is 1.83 bits per heavy atom. The van der Waals surface area contributed by atoms with Crippen LogP contribution in [0.4, 0.5) is 5.69 Å². The molecule has 0 saturated heterocycles. The van der Waals surface area contributed by atoms with Gasteiger partial charge in [-0.05, 0) is 56.4 Å². The minimum Gasteiger partial charge on any atom is -0.497 e. The van der Waals surface area contributed by atoms with Crippen molar-refractivity contribution in [2.75, 3.05) is 25.5 Å². The van der Waals surface area contributed by atoms with Crippen molar-refractivity contribution in [2.45, 2.75) is 52.5 Å². The predicted molar refractivity (Wildman–Crippen MR) is 113 cm³/mol. The summed E-state index contributed by atoms with van der Waals surface area (Å²) in [6.45, 7) is 6.24. The third-order valence-electron chi connectivity index (χ3n) is 5.15. The Morgan fingerprint density at radius 1 is 1.14 bits per heavy atom. The Morgan fingerprint density at radius 3 is 2.45 bits per heavy atom. The number of hydrogen-bond donors (Lipinski definition) is 1. The summed E-state index contributed by atoms with van der Waals surface area (Å²) in [5.74, 6) is 0.672. The highest BCUT2D eigenvalue weighted by atomic mass is 16.5. The summed E-state index contributed by atoms with van der Waals surface area (Å²) in [4.78, 5) is 32.5. The highest BCUT2D eigenvalue weighted by molar-refractivity contribution is 6.03. The van der Waals surface area contributed by atoms with Gasteiger partial charge in [0.05, 0.1) is 12.8 Å². The van der Waals surface area contributed by atoms with Gasteiger partial charge < -0.3 is 19.5 Å². The number of imidazole rings is 1. The summed E-state index contributed by atoms with van der Waals surface area (Å²) in [6.07, 6.45) is 4.55. The molecule has 3 rings (SSSR count). The SMILES string of the molecule is CCCN(CCC)C(=O)c1nc(C(=O)Nc2ccc(OC)cc2)n2c1CCCC2. The molecule has 1 aliphatic heterocycles. The minimum absolute atomic E-state index is 0.0668. The van der Waals surface area contributed by atoms with Gasteiger partial charge >= 0.3 is 0 Å². The monoisotopic (exact) mass is 398 g/mol. The highest BCUT2D eigenvalue weighted by Gasteiger charge is 2.29. The van der Waals surface area contributed by atoms with Crippen molar-refractivity contribution in [3.63, 3.8) is 0 Å². The van der Waals surface area contributed by atoms with Crippen molar-refractivity contribution >= 4 is 17.5 Å². The zero-order valence-electron chi connectivity index (χ0n) is 17.5. The van der Waals surface area contributed by atoms with Crippen molar-refractivity contribution in [3.05, 3.63) is 41.5 Å². The molecular formula is C22H30N4O3. The Kier molecular flexibility index (Phi) is 6.90. The molecule has 0 aliphatic carbocycles. The Bertz CT molecular complexity index is 852. The largest absolute Gasteiger partial charge is 0.497 e. The van der Waals surface area contributed by atoms with Crippen LogP contribution in [0.25, 0.3) is 0 Å². The first kappa shape index (κ1) is 20.9. The molecule has 1 N–H and O–H groups in total. The van der Waals surface area contributed by atoms with E-state index < -0.39 is 0 Å². The van der Waals surface area contributed by atoms with Crippen molar-refractivity contribution in [1.29, 1.82) is 0 Å². The molecule has 1 aromatic carbocycles. The molecule has 0 unspecified atom stereocenters. The normalized spacial score (nSPS) is 12.9. The van der Waals surface area contributed by atoms with Gasteiger partial charge in [0.1, 0.15) is 11.4 Å². The van der Waals surface area contributed by atoms with Crippen molar-refractivity contribution in [1.82, 2.24) is 14.5 Å². The smallest absolute Gasteiger partial charge is 0.291 e. The molecule has 0 spiro atoms. The first-order valence-electron chi connectivity index (χ1n) is 10.4. The molecule has 2 amide bonds. The fraction of sp³-hybridized carbons (Fsp3) is 0.500. The molecule has 7 heteroatoms. The molecular weight excluding hydrogens is 368 g/mol. The van der Waals surface area contributed by atoms with Crippen LogP contribution in [0.3, 0.4) is 0 Å². The molecule has 7 nitrogen and oxygen atoms in total. The number of carbonyl (C=O) groups is 2. The van der Waals surface area contributed by atoms with E-state index in [1.54, 1.807) is 31.4 Å². The van der Waals surface area contributed by atoms with E-state index in [9.17, 15) is 9.59 Å². The summed E-state index contributed by atoms with van der Waals surface area (Å²) in [6, 6.07) is 7.15. The standard InChI is InChI=1S/C22H30N4O3/c1-4-13-25(14-5-2)22(28)19-18-8-6-7-15-26(18)20(24-19)21(27)23-16-9-11-17(29-3)12-10-16/h9-12H,4-8,13-15H2,1-3H3,(H,23,27). The van der Waals surface area contributed by atoms with Gasteiger partial charge in [-0.3, -0.25) is 9.59 Å². The van der Waals surface area contributed by atoms with Gasteiger partial charge in [0.15, 0.2) is 5.82 Å². The molecule has 29 heavy (non-hydrogen) atoms. The number of anilines is 1. The molecule has 1 aromatic heterocycles. The average Bonchev–Trinajstić information content (AvgIpc) is 3.13. The topological polar surface area (TPSA) is 76.5 Å². The molecule has 0 atom stereocenters. The molecule has 156 valence electrons. The van der Waals surface area contributed by atoms with Gasteiger partial charge in [-0.25, -0.2) is 4.98 Å². The van der Waals surface area contributed by atoms with Crippen LogP contribution in [0.15, 0.2) is 24.3 Å².